The average molecular weight is 385 g/mol. The van der Waals surface area contributed by atoms with Gasteiger partial charge in [0.2, 0.25) is 0 Å². The van der Waals surface area contributed by atoms with Crippen molar-refractivity contribution in [3.05, 3.63) is 82.7 Å². The molecule has 0 saturated heterocycles. The van der Waals surface area contributed by atoms with Crippen molar-refractivity contribution in [2.45, 2.75) is 33.5 Å². The van der Waals surface area contributed by atoms with Gasteiger partial charge in [0.15, 0.2) is 0 Å². The van der Waals surface area contributed by atoms with Gasteiger partial charge in [0.1, 0.15) is 5.75 Å². The molecule has 0 radical (unpaired) electrons. The van der Waals surface area contributed by atoms with Crippen molar-refractivity contribution in [2.24, 2.45) is 0 Å². The molecule has 0 spiro atoms. The summed E-state index contributed by atoms with van der Waals surface area (Å²) in [6.07, 6.45) is 0. The number of aromatic nitrogens is 2. The van der Waals surface area contributed by atoms with E-state index in [0.717, 1.165) is 22.5 Å². The standard InChI is InChI=1S/C21H21F2N3O2/c1-14-18(15(2)26(25-14)13-16-8-4-3-5-9-16)12-24-20(27)17-10-6-7-11-19(17)28-21(22)23/h3-11,21H,12-13H2,1-2H3,(H,24,27). The van der Waals surface area contributed by atoms with Crippen LogP contribution < -0.4 is 10.1 Å². The number of aryl methyl sites for hydroxylation is 1. The van der Waals surface area contributed by atoms with Gasteiger partial charge in [-0.3, -0.25) is 9.48 Å². The zero-order valence-electron chi connectivity index (χ0n) is 15.7. The van der Waals surface area contributed by atoms with Crippen LogP contribution in [-0.4, -0.2) is 22.3 Å². The largest absolute Gasteiger partial charge is 0.434 e. The second-order valence-corrected chi connectivity index (χ2v) is 6.35. The van der Waals surface area contributed by atoms with E-state index in [0.29, 0.717) is 6.54 Å². The third kappa shape index (κ3) is 4.54. The molecule has 28 heavy (non-hydrogen) atoms. The van der Waals surface area contributed by atoms with E-state index in [4.69, 9.17) is 0 Å². The highest BCUT2D eigenvalue weighted by Gasteiger charge is 2.17. The maximum Gasteiger partial charge on any atom is 0.387 e. The molecule has 1 amide bonds. The van der Waals surface area contributed by atoms with Crippen molar-refractivity contribution in [1.82, 2.24) is 15.1 Å². The van der Waals surface area contributed by atoms with Gasteiger partial charge >= 0.3 is 6.61 Å². The molecule has 0 fully saturated rings. The molecule has 7 heteroatoms. The molecule has 5 nitrogen and oxygen atoms in total. The molecule has 1 N–H and O–H groups in total. The summed E-state index contributed by atoms with van der Waals surface area (Å²) in [5, 5.41) is 7.33. The highest BCUT2D eigenvalue weighted by Crippen LogP contribution is 2.21. The van der Waals surface area contributed by atoms with Crippen molar-refractivity contribution >= 4 is 5.91 Å². The van der Waals surface area contributed by atoms with E-state index in [1.807, 2.05) is 48.9 Å². The highest BCUT2D eigenvalue weighted by atomic mass is 19.3. The lowest BCUT2D eigenvalue weighted by atomic mass is 10.1. The Morgan fingerprint density at radius 1 is 1.11 bits per heavy atom. The summed E-state index contributed by atoms with van der Waals surface area (Å²) in [6.45, 7) is 1.71. The van der Waals surface area contributed by atoms with Gasteiger partial charge in [0, 0.05) is 17.8 Å². The summed E-state index contributed by atoms with van der Waals surface area (Å²) < 4.78 is 31.4. The number of hydrogen-bond donors (Lipinski definition) is 1. The number of carbonyl (C=O) groups is 1. The lowest BCUT2D eigenvalue weighted by Crippen LogP contribution is -2.24. The molecule has 146 valence electrons. The Morgan fingerprint density at radius 3 is 2.50 bits per heavy atom. The zero-order valence-corrected chi connectivity index (χ0v) is 15.7. The van der Waals surface area contributed by atoms with Gasteiger partial charge in [-0.15, -0.1) is 0 Å². The summed E-state index contributed by atoms with van der Waals surface area (Å²) in [5.74, 6) is -0.630. The van der Waals surface area contributed by atoms with Crippen LogP contribution in [0.15, 0.2) is 54.6 Å². The Morgan fingerprint density at radius 2 is 1.79 bits per heavy atom. The topological polar surface area (TPSA) is 56.2 Å². The van der Waals surface area contributed by atoms with Gasteiger partial charge < -0.3 is 10.1 Å². The van der Waals surface area contributed by atoms with Crippen LogP contribution in [0.2, 0.25) is 0 Å². The number of benzene rings is 2. The molecule has 0 bridgehead atoms. The van der Waals surface area contributed by atoms with Gasteiger partial charge in [-0.1, -0.05) is 42.5 Å². The number of nitrogens with zero attached hydrogens (tertiary/aromatic N) is 2. The smallest absolute Gasteiger partial charge is 0.387 e. The molecule has 0 aliphatic rings. The Bertz CT molecular complexity index is 956. The summed E-state index contributed by atoms with van der Waals surface area (Å²) in [5.41, 5.74) is 3.85. The van der Waals surface area contributed by atoms with Crippen LogP contribution in [0.5, 0.6) is 5.75 Å². The lowest BCUT2D eigenvalue weighted by molar-refractivity contribution is -0.0501. The van der Waals surface area contributed by atoms with Crippen molar-refractivity contribution in [3.8, 4) is 5.75 Å². The normalized spacial score (nSPS) is 10.9. The molecule has 3 rings (SSSR count). The molecular weight excluding hydrogens is 364 g/mol. The van der Waals surface area contributed by atoms with Crippen molar-refractivity contribution in [1.29, 1.82) is 0 Å². The highest BCUT2D eigenvalue weighted by molar-refractivity contribution is 5.96. The van der Waals surface area contributed by atoms with Crippen LogP contribution >= 0.6 is 0 Å². The SMILES string of the molecule is Cc1nn(Cc2ccccc2)c(C)c1CNC(=O)c1ccccc1OC(F)F. The lowest BCUT2D eigenvalue weighted by Gasteiger charge is -2.11. The van der Waals surface area contributed by atoms with Gasteiger partial charge in [-0.05, 0) is 31.5 Å². The Kier molecular flexibility index (Phi) is 6.03. The van der Waals surface area contributed by atoms with E-state index in [9.17, 15) is 13.6 Å². The number of para-hydroxylation sites is 1. The van der Waals surface area contributed by atoms with E-state index in [1.54, 1.807) is 6.07 Å². The summed E-state index contributed by atoms with van der Waals surface area (Å²) >= 11 is 0. The molecule has 1 heterocycles. The molecule has 0 aliphatic heterocycles. The number of hydrogen-bond acceptors (Lipinski definition) is 3. The maximum absolute atomic E-state index is 12.5. The number of nitrogens with one attached hydrogen (secondary N) is 1. The van der Waals surface area contributed by atoms with E-state index in [-0.39, 0.29) is 17.9 Å². The third-order valence-corrected chi connectivity index (χ3v) is 4.48. The third-order valence-electron chi connectivity index (χ3n) is 4.48. The van der Waals surface area contributed by atoms with E-state index in [1.165, 1.54) is 18.2 Å². The predicted octanol–water partition coefficient (Wildman–Crippen LogP) is 4.08. The average Bonchev–Trinajstić information content (AvgIpc) is 2.93. The molecule has 2 aromatic carbocycles. The van der Waals surface area contributed by atoms with Gasteiger partial charge in [0.25, 0.3) is 5.91 Å². The Balaban J connectivity index is 1.72. The number of rotatable bonds is 7. The molecule has 3 aromatic rings. The fourth-order valence-electron chi connectivity index (χ4n) is 3.02. The maximum atomic E-state index is 12.5. The predicted molar refractivity (Wildman–Crippen MR) is 101 cm³/mol. The van der Waals surface area contributed by atoms with E-state index in [2.05, 4.69) is 15.2 Å². The fraction of sp³-hybridized carbons (Fsp3) is 0.238. The van der Waals surface area contributed by atoms with Gasteiger partial charge in [-0.2, -0.15) is 13.9 Å². The Hall–Kier alpha value is -3.22. The van der Waals surface area contributed by atoms with Crippen molar-refractivity contribution in [3.63, 3.8) is 0 Å². The number of halogens is 2. The molecule has 0 unspecified atom stereocenters. The summed E-state index contributed by atoms with van der Waals surface area (Å²) in [4.78, 5) is 12.5. The van der Waals surface area contributed by atoms with Crippen molar-refractivity contribution in [2.75, 3.05) is 0 Å². The van der Waals surface area contributed by atoms with Crippen LogP contribution in [0.3, 0.4) is 0 Å². The van der Waals surface area contributed by atoms with Crippen molar-refractivity contribution < 1.29 is 18.3 Å². The van der Waals surface area contributed by atoms with Gasteiger partial charge in [-0.25, -0.2) is 0 Å². The summed E-state index contributed by atoms with van der Waals surface area (Å²) in [6, 6.07) is 15.9. The molecule has 0 saturated carbocycles. The minimum Gasteiger partial charge on any atom is -0.434 e. The van der Waals surface area contributed by atoms with Crippen LogP contribution in [0.4, 0.5) is 8.78 Å². The molecule has 0 atom stereocenters. The van der Waals surface area contributed by atoms with Crippen LogP contribution in [-0.2, 0) is 13.1 Å². The number of carbonyl (C=O) groups excluding carboxylic acids is 1. The minimum atomic E-state index is -2.99. The van der Waals surface area contributed by atoms with Crippen LogP contribution in [0, 0.1) is 13.8 Å². The molecule has 0 aliphatic carbocycles. The molecular formula is C21H21F2N3O2. The van der Waals surface area contributed by atoms with E-state index < -0.39 is 12.5 Å². The zero-order chi connectivity index (χ0) is 20.1. The Labute approximate surface area is 161 Å². The quantitative estimate of drug-likeness (QED) is 0.667. The monoisotopic (exact) mass is 385 g/mol. The summed E-state index contributed by atoms with van der Waals surface area (Å²) in [7, 11) is 0. The first-order valence-corrected chi connectivity index (χ1v) is 8.84. The molecule has 1 aromatic heterocycles. The first-order valence-electron chi connectivity index (χ1n) is 8.84. The second-order valence-electron chi connectivity index (χ2n) is 6.35. The van der Waals surface area contributed by atoms with Crippen LogP contribution in [0.1, 0.15) is 32.9 Å². The first-order chi connectivity index (χ1) is 13.5. The second kappa shape index (κ2) is 8.65. The van der Waals surface area contributed by atoms with E-state index >= 15 is 0 Å². The van der Waals surface area contributed by atoms with Gasteiger partial charge in [0.05, 0.1) is 17.8 Å². The number of alkyl halides is 2. The van der Waals surface area contributed by atoms with Crippen LogP contribution in [0.25, 0.3) is 0 Å². The number of ether oxygens (including phenoxy) is 1. The minimum absolute atomic E-state index is 0.0646. The number of amides is 1. The fourth-order valence-corrected chi connectivity index (χ4v) is 3.02. The first kappa shape index (κ1) is 19.5.